The summed E-state index contributed by atoms with van der Waals surface area (Å²) in [6.45, 7) is 1.79. The molecule has 2 aliphatic rings. The molecule has 2 fully saturated rings. The standard InChI is InChI=1S/C12H18N2O3/c1-2-9-10(15)13-12(17)14(11(9)16)8-6-4-3-5-7-8/h8-9H,2-7H2,1H3,(H,13,15,17)/t9-/m0/s1. The molecule has 5 nitrogen and oxygen atoms in total. The van der Waals surface area contributed by atoms with E-state index in [1.54, 1.807) is 6.92 Å². The van der Waals surface area contributed by atoms with Crippen molar-refractivity contribution in [1.29, 1.82) is 0 Å². The molecule has 5 heteroatoms. The van der Waals surface area contributed by atoms with Gasteiger partial charge < -0.3 is 0 Å². The van der Waals surface area contributed by atoms with E-state index in [0.717, 1.165) is 32.1 Å². The summed E-state index contributed by atoms with van der Waals surface area (Å²) in [7, 11) is 0. The molecule has 0 aromatic rings. The summed E-state index contributed by atoms with van der Waals surface area (Å²) in [6, 6.07) is -0.546. The Labute approximate surface area is 101 Å². The van der Waals surface area contributed by atoms with Crippen LogP contribution in [-0.2, 0) is 9.59 Å². The molecule has 0 aromatic heterocycles. The first-order valence-corrected chi connectivity index (χ1v) is 6.33. The topological polar surface area (TPSA) is 66.5 Å². The molecule has 1 heterocycles. The normalized spacial score (nSPS) is 27.2. The Morgan fingerprint density at radius 3 is 2.41 bits per heavy atom. The Hall–Kier alpha value is -1.39. The maximum absolute atomic E-state index is 12.1. The van der Waals surface area contributed by atoms with Crippen molar-refractivity contribution in [2.24, 2.45) is 5.92 Å². The van der Waals surface area contributed by atoms with Gasteiger partial charge >= 0.3 is 6.03 Å². The minimum absolute atomic E-state index is 0.0154. The molecule has 1 aliphatic carbocycles. The second kappa shape index (κ2) is 4.85. The molecule has 0 radical (unpaired) electrons. The van der Waals surface area contributed by atoms with Crippen LogP contribution in [0.2, 0.25) is 0 Å². The van der Waals surface area contributed by atoms with Gasteiger partial charge in [-0.05, 0) is 19.3 Å². The molecule has 0 spiro atoms. The Bertz CT molecular complexity index is 348. The van der Waals surface area contributed by atoms with Crippen LogP contribution < -0.4 is 5.32 Å². The van der Waals surface area contributed by atoms with Gasteiger partial charge in [-0.25, -0.2) is 4.79 Å². The van der Waals surface area contributed by atoms with Crippen LogP contribution in [0.25, 0.3) is 0 Å². The average Bonchev–Trinajstić information content (AvgIpc) is 2.30. The number of hydrogen-bond donors (Lipinski definition) is 1. The van der Waals surface area contributed by atoms with Gasteiger partial charge in [0.1, 0.15) is 5.92 Å². The zero-order valence-corrected chi connectivity index (χ0v) is 10.1. The third-order valence-electron chi connectivity index (χ3n) is 3.65. The predicted octanol–water partition coefficient (Wildman–Crippen LogP) is 1.42. The lowest BCUT2D eigenvalue weighted by Gasteiger charge is -2.37. The molecule has 0 aromatic carbocycles. The number of imide groups is 2. The highest BCUT2D eigenvalue weighted by Gasteiger charge is 2.42. The molecule has 0 unspecified atom stereocenters. The highest BCUT2D eigenvalue weighted by atomic mass is 16.2. The Kier molecular flexibility index (Phi) is 3.45. The summed E-state index contributed by atoms with van der Waals surface area (Å²) >= 11 is 0. The van der Waals surface area contributed by atoms with Crippen molar-refractivity contribution in [3.8, 4) is 0 Å². The van der Waals surface area contributed by atoms with E-state index in [2.05, 4.69) is 5.32 Å². The molecule has 1 saturated heterocycles. The van der Waals surface area contributed by atoms with Gasteiger partial charge in [-0.1, -0.05) is 26.2 Å². The van der Waals surface area contributed by atoms with Crippen molar-refractivity contribution in [2.45, 2.75) is 51.5 Å². The van der Waals surface area contributed by atoms with Crippen LogP contribution in [0.4, 0.5) is 4.79 Å². The molecule has 1 atom stereocenters. The van der Waals surface area contributed by atoms with Crippen LogP contribution in [0.15, 0.2) is 0 Å². The van der Waals surface area contributed by atoms with Gasteiger partial charge in [0.2, 0.25) is 11.8 Å². The first-order chi connectivity index (χ1) is 8.15. The molecular weight excluding hydrogens is 220 g/mol. The van der Waals surface area contributed by atoms with Crippen LogP contribution in [0, 0.1) is 5.92 Å². The lowest BCUT2D eigenvalue weighted by atomic mass is 9.92. The van der Waals surface area contributed by atoms with Crippen LogP contribution in [-0.4, -0.2) is 28.8 Å². The van der Waals surface area contributed by atoms with Gasteiger partial charge in [0.25, 0.3) is 0 Å². The molecule has 17 heavy (non-hydrogen) atoms. The fourth-order valence-electron chi connectivity index (χ4n) is 2.68. The van der Waals surface area contributed by atoms with Crippen LogP contribution in [0.5, 0.6) is 0 Å². The van der Waals surface area contributed by atoms with Crippen molar-refractivity contribution in [2.75, 3.05) is 0 Å². The van der Waals surface area contributed by atoms with E-state index in [1.165, 1.54) is 4.90 Å². The second-order valence-electron chi connectivity index (χ2n) is 4.76. The molecule has 94 valence electrons. The zero-order valence-electron chi connectivity index (χ0n) is 10.1. The zero-order chi connectivity index (χ0) is 12.4. The number of amides is 4. The van der Waals surface area contributed by atoms with Crippen molar-refractivity contribution >= 4 is 17.8 Å². The summed E-state index contributed by atoms with van der Waals surface area (Å²) in [5.74, 6) is -1.45. The fraction of sp³-hybridized carbons (Fsp3) is 0.750. The maximum atomic E-state index is 12.1. The highest BCUT2D eigenvalue weighted by molar-refractivity contribution is 6.16. The predicted molar refractivity (Wildman–Crippen MR) is 61.0 cm³/mol. The Morgan fingerprint density at radius 1 is 1.18 bits per heavy atom. The van der Waals surface area contributed by atoms with E-state index in [0.29, 0.717) is 6.42 Å². The Balaban J connectivity index is 2.16. The van der Waals surface area contributed by atoms with E-state index in [-0.39, 0.29) is 11.9 Å². The number of hydrogen-bond acceptors (Lipinski definition) is 3. The number of barbiturate groups is 1. The highest BCUT2D eigenvalue weighted by Crippen LogP contribution is 2.26. The lowest BCUT2D eigenvalue weighted by Crippen LogP contribution is -2.61. The van der Waals surface area contributed by atoms with Gasteiger partial charge in [-0.2, -0.15) is 0 Å². The van der Waals surface area contributed by atoms with Crippen LogP contribution >= 0.6 is 0 Å². The number of nitrogens with zero attached hydrogens (tertiary/aromatic N) is 1. The SMILES string of the molecule is CC[C@H]1C(=O)NC(=O)N(C2CCCCC2)C1=O. The van der Waals surface area contributed by atoms with Crippen molar-refractivity contribution < 1.29 is 14.4 Å². The van der Waals surface area contributed by atoms with Gasteiger partial charge in [-0.3, -0.25) is 19.8 Å². The smallest absolute Gasteiger partial charge is 0.277 e. The van der Waals surface area contributed by atoms with E-state index < -0.39 is 17.9 Å². The number of urea groups is 1. The molecule has 1 aliphatic heterocycles. The van der Waals surface area contributed by atoms with Crippen LogP contribution in [0.3, 0.4) is 0 Å². The molecule has 0 bridgehead atoms. The van der Waals surface area contributed by atoms with Crippen LogP contribution in [0.1, 0.15) is 45.4 Å². The largest absolute Gasteiger partial charge is 0.331 e. The van der Waals surface area contributed by atoms with Crippen molar-refractivity contribution in [1.82, 2.24) is 10.2 Å². The van der Waals surface area contributed by atoms with Gasteiger partial charge in [-0.15, -0.1) is 0 Å². The van der Waals surface area contributed by atoms with Gasteiger partial charge in [0.05, 0.1) is 0 Å². The Morgan fingerprint density at radius 2 is 1.82 bits per heavy atom. The molecular formula is C12H18N2O3. The quantitative estimate of drug-likeness (QED) is 0.740. The van der Waals surface area contributed by atoms with E-state index in [1.807, 2.05) is 0 Å². The second-order valence-corrected chi connectivity index (χ2v) is 4.76. The first kappa shape index (κ1) is 12.1. The lowest BCUT2D eigenvalue weighted by molar-refractivity contribution is -0.144. The third kappa shape index (κ3) is 2.18. The average molecular weight is 238 g/mol. The van der Waals surface area contributed by atoms with Crippen molar-refractivity contribution in [3.63, 3.8) is 0 Å². The molecule has 4 amide bonds. The van der Waals surface area contributed by atoms with E-state index in [9.17, 15) is 14.4 Å². The molecule has 2 rings (SSSR count). The minimum atomic E-state index is -0.686. The fourth-order valence-corrected chi connectivity index (χ4v) is 2.68. The third-order valence-corrected chi connectivity index (χ3v) is 3.65. The maximum Gasteiger partial charge on any atom is 0.331 e. The molecule has 1 saturated carbocycles. The van der Waals surface area contributed by atoms with Crippen molar-refractivity contribution in [3.05, 3.63) is 0 Å². The number of carbonyl (C=O) groups excluding carboxylic acids is 3. The monoisotopic (exact) mass is 238 g/mol. The summed E-state index contributed by atoms with van der Waals surface area (Å²) < 4.78 is 0. The minimum Gasteiger partial charge on any atom is -0.277 e. The molecule has 1 N–H and O–H groups in total. The summed E-state index contributed by atoms with van der Waals surface area (Å²) in [5, 5.41) is 2.29. The number of rotatable bonds is 2. The summed E-state index contributed by atoms with van der Waals surface area (Å²) in [4.78, 5) is 36.7. The van der Waals surface area contributed by atoms with Gasteiger partial charge in [0.15, 0.2) is 0 Å². The number of nitrogens with one attached hydrogen (secondary N) is 1. The van der Waals surface area contributed by atoms with Gasteiger partial charge in [0, 0.05) is 6.04 Å². The summed E-state index contributed by atoms with van der Waals surface area (Å²) in [6.07, 6.45) is 5.43. The number of carbonyl (C=O) groups is 3. The first-order valence-electron chi connectivity index (χ1n) is 6.33. The summed E-state index contributed by atoms with van der Waals surface area (Å²) in [5.41, 5.74) is 0. The van der Waals surface area contributed by atoms with E-state index >= 15 is 0 Å². The van der Waals surface area contributed by atoms with E-state index in [4.69, 9.17) is 0 Å².